The quantitative estimate of drug-likeness (QED) is 0.821. The Bertz CT molecular complexity index is 401. The van der Waals surface area contributed by atoms with Crippen molar-refractivity contribution in [1.29, 1.82) is 0 Å². The van der Waals surface area contributed by atoms with Gasteiger partial charge in [-0.15, -0.1) is 0 Å². The van der Waals surface area contributed by atoms with E-state index in [0.717, 1.165) is 31.8 Å². The van der Waals surface area contributed by atoms with Gasteiger partial charge in [0.15, 0.2) is 0 Å². The molecule has 5 nitrogen and oxygen atoms in total. The summed E-state index contributed by atoms with van der Waals surface area (Å²) in [6.07, 6.45) is 1.06. The van der Waals surface area contributed by atoms with Crippen LogP contribution in [-0.2, 0) is 4.74 Å². The monoisotopic (exact) mass is 286 g/mol. The zero-order valence-corrected chi connectivity index (χ0v) is 12.7. The summed E-state index contributed by atoms with van der Waals surface area (Å²) in [7, 11) is 6.08. The van der Waals surface area contributed by atoms with Crippen LogP contribution in [0.15, 0.2) is 15.7 Å². The van der Waals surface area contributed by atoms with Crippen molar-refractivity contribution in [1.82, 2.24) is 9.80 Å². The molecule has 0 amide bonds. The average molecular weight is 287 g/mol. The lowest BCUT2D eigenvalue weighted by Crippen LogP contribution is -2.63. The molecule has 0 unspecified atom stereocenters. The van der Waals surface area contributed by atoms with Gasteiger partial charge in [-0.3, -0.25) is 9.89 Å². The lowest BCUT2D eigenvalue weighted by Gasteiger charge is -2.47. The van der Waals surface area contributed by atoms with Gasteiger partial charge in [0.2, 0.25) is 0 Å². The number of halogens is 1. The van der Waals surface area contributed by atoms with Crippen molar-refractivity contribution in [3.8, 4) is 0 Å². The van der Waals surface area contributed by atoms with E-state index in [0.29, 0.717) is 23.9 Å². The molecule has 0 aliphatic carbocycles. The normalized spacial score (nSPS) is 25.4. The Morgan fingerprint density at radius 1 is 1.47 bits per heavy atom. The first-order valence-electron chi connectivity index (χ1n) is 6.60. The van der Waals surface area contributed by atoms with Crippen molar-refractivity contribution in [3.63, 3.8) is 0 Å². The van der Waals surface area contributed by atoms with Crippen molar-refractivity contribution >= 4 is 17.3 Å². The Morgan fingerprint density at radius 3 is 2.68 bits per heavy atom. The number of nitrogens with zero attached hydrogens (tertiary/aromatic N) is 3. The van der Waals surface area contributed by atoms with Gasteiger partial charge in [0.25, 0.3) is 0 Å². The second-order valence-electron chi connectivity index (χ2n) is 5.57. The van der Waals surface area contributed by atoms with E-state index in [-0.39, 0.29) is 5.54 Å². The maximum atomic E-state index is 6.50. The Hall–Kier alpha value is -0.620. The first-order chi connectivity index (χ1) is 8.97. The van der Waals surface area contributed by atoms with Crippen LogP contribution in [0.2, 0.25) is 0 Å². The Kier molecular flexibility index (Phi) is 4.50. The highest BCUT2D eigenvalue weighted by atomic mass is 35.5. The molecule has 1 saturated heterocycles. The largest absolute Gasteiger partial charge is 0.399 e. The Balaban J connectivity index is 2.27. The molecular weight excluding hydrogens is 264 g/mol. The van der Waals surface area contributed by atoms with Crippen LogP contribution in [0, 0.1) is 0 Å². The van der Waals surface area contributed by atoms with E-state index in [1.807, 2.05) is 14.1 Å². The van der Waals surface area contributed by atoms with Gasteiger partial charge in [0.05, 0.1) is 29.7 Å². The minimum Gasteiger partial charge on any atom is -0.399 e. The average Bonchev–Trinajstić information content (AvgIpc) is 2.50. The van der Waals surface area contributed by atoms with Crippen LogP contribution >= 0.6 is 11.6 Å². The summed E-state index contributed by atoms with van der Waals surface area (Å²) in [4.78, 5) is 8.87. The predicted octanol–water partition coefficient (Wildman–Crippen LogP) is 0.503. The lowest BCUT2D eigenvalue weighted by molar-refractivity contribution is -0.103. The highest BCUT2D eigenvalue weighted by Gasteiger charge is 2.45. The molecule has 0 saturated carbocycles. The van der Waals surface area contributed by atoms with E-state index in [4.69, 9.17) is 22.1 Å². The molecular formula is C13H23ClN4O. The highest BCUT2D eigenvalue weighted by Crippen LogP contribution is 2.31. The van der Waals surface area contributed by atoms with Crippen LogP contribution in [0.3, 0.4) is 0 Å². The third-order valence-corrected chi connectivity index (χ3v) is 4.37. The summed E-state index contributed by atoms with van der Waals surface area (Å²) in [5, 5.41) is 0.603. The number of likely N-dealkylation sites (N-methyl/N-ethyl adjacent to an activating group) is 1. The number of nitrogens with two attached hydrogens (primary N) is 1. The number of rotatable bonds is 3. The number of hydrogen-bond acceptors (Lipinski definition) is 5. The predicted molar refractivity (Wildman–Crippen MR) is 78.7 cm³/mol. The van der Waals surface area contributed by atoms with E-state index in [1.54, 1.807) is 0 Å². The highest BCUT2D eigenvalue weighted by molar-refractivity contribution is 6.44. The summed E-state index contributed by atoms with van der Waals surface area (Å²) < 4.78 is 5.34. The van der Waals surface area contributed by atoms with Crippen LogP contribution in [0.1, 0.15) is 6.42 Å². The minimum atomic E-state index is -0.273. The van der Waals surface area contributed by atoms with Gasteiger partial charge in [-0.2, -0.15) is 0 Å². The van der Waals surface area contributed by atoms with E-state index in [1.165, 1.54) is 0 Å². The van der Waals surface area contributed by atoms with E-state index in [2.05, 4.69) is 21.8 Å². The van der Waals surface area contributed by atoms with Crippen LogP contribution in [0.25, 0.3) is 0 Å². The van der Waals surface area contributed by atoms with Gasteiger partial charge in [-0.05, 0) is 27.6 Å². The molecule has 1 fully saturated rings. The number of ether oxygens (including phenoxy) is 1. The maximum Gasteiger partial charge on any atom is 0.109 e. The minimum absolute atomic E-state index is 0.273. The first-order valence-corrected chi connectivity index (χ1v) is 6.98. The molecule has 2 heterocycles. The van der Waals surface area contributed by atoms with Gasteiger partial charge >= 0.3 is 0 Å². The van der Waals surface area contributed by atoms with Crippen molar-refractivity contribution in [2.24, 2.45) is 10.7 Å². The van der Waals surface area contributed by atoms with Crippen LogP contribution in [0.4, 0.5) is 0 Å². The molecule has 0 atom stereocenters. The van der Waals surface area contributed by atoms with Crippen LogP contribution in [0.5, 0.6) is 0 Å². The van der Waals surface area contributed by atoms with E-state index in [9.17, 15) is 0 Å². The number of hydrogen-bond donors (Lipinski definition) is 1. The second-order valence-corrected chi connectivity index (χ2v) is 5.94. The molecule has 2 aliphatic heterocycles. The molecule has 0 aromatic rings. The van der Waals surface area contributed by atoms with Gasteiger partial charge < -0.3 is 15.4 Å². The zero-order chi connectivity index (χ0) is 14.0. The molecule has 2 N–H and O–H groups in total. The summed E-state index contributed by atoms with van der Waals surface area (Å²) in [6.45, 7) is 3.79. The van der Waals surface area contributed by atoms with Crippen molar-refractivity contribution < 1.29 is 4.74 Å². The van der Waals surface area contributed by atoms with E-state index < -0.39 is 0 Å². The summed E-state index contributed by atoms with van der Waals surface area (Å²) in [5.74, 6) is 0. The molecule has 19 heavy (non-hydrogen) atoms. The fraction of sp³-hybridized carbons (Fsp3) is 0.769. The Labute approximate surface area is 120 Å². The summed E-state index contributed by atoms with van der Waals surface area (Å²) in [5.41, 5.74) is 7.61. The fourth-order valence-electron chi connectivity index (χ4n) is 2.39. The third kappa shape index (κ3) is 2.79. The molecule has 0 aromatic heterocycles. The third-order valence-electron chi connectivity index (χ3n) is 3.95. The Morgan fingerprint density at radius 2 is 2.16 bits per heavy atom. The zero-order valence-electron chi connectivity index (χ0n) is 11.9. The van der Waals surface area contributed by atoms with Crippen LogP contribution < -0.4 is 5.73 Å². The molecule has 0 aromatic carbocycles. The number of aliphatic imine (C=N–C) groups is 1. The SMILES string of the molecule is CN1CCCN=C(/C(Cl)=C(\N)C2(N(C)C)COC2)C1. The van der Waals surface area contributed by atoms with Crippen LogP contribution in [-0.4, -0.2) is 75.0 Å². The fourth-order valence-corrected chi connectivity index (χ4v) is 2.68. The molecule has 108 valence electrons. The maximum absolute atomic E-state index is 6.50. The molecule has 0 radical (unpaired) electrons. The van der Waals surface area contributed by atoms with Crippen molar-refractivity contribution in [3.05, 3.63) is 10.7 Å². The van der Waals surface area contributed by atoms with Crippen molar-refractivity contribution in [2.45, 2.75) is 12.0 Å². The van der Waals surface area contributed by atoms with Gasteiger partial charge in [0, 0.05) is 19.6 Å². The standard InChI is InChI=1S/C13H23ClN4O/c1-17(2)13(8-19-9-13)12(15)11(14)10-7-18(3)6-4-5-16-10/h4-9,15H2,1-3H3/b12-11+. The lowest BCUT2D eigenvalue weighted by atomic mass is 9.90. The first kappa shape index (κ1) is 14.8. The van der Waals surface area contributed by atoms with Gasteiger partial charge in [0.1, 0.15) is 5.54 Å². The molecule has 0 bridgehead atoms. The van der Waals surface area contributed by atoms with Crippen molar-refractivity contribution in [2.75, 3.05) is 54.0 Å². The second kappa shape index (κ2) is 5.79. The van der Waals surface area contributed by atoms with E-state index >= 15 is 0 Å². The van der Waals surface area contributed by atoms with Gasteiger partial charge in [-0.1, -0.05) is 11.6 Å². The molecule has 2 aliphatic rings. The molecule has 0 spiro atoms. The molecule has 6 heteroatoms. The van der Waals surface area contributed by atoms with Gasteiger partial charge in [-0.25, -0.2) is 0 Å². The molecule has 2 rings (SSSR count). The topological polar surface area (TPSA) is 54.1 Å². The summed E-state index contributed by atoms with van der Waals surface area (Å²) in [6, 6.07) is 0. The smallest absolute Gasteiger partial charge is 0.109 e. The summed E-state index contributed by atoms with van der Waals surface area (Å²) >= 11 is 6.50.